The molecule has 0 radical (unpaired) electrons. The van der Waals surface area contributed by atoms with Crippen LogP contribution in [-0.2, 0) is 0 Å². The van der Waals surface area contributed by atoms with E-state index in [0.717, 1.165) is 26.8 Å². The number of hydrogen-bond donors (Lipinski definition) is 0. The van der Waals surface area contributed by atoms with Crippen LogP contribution in [0.4, 0.5) is 4.39 Å². The number of halogens is 1. The lowest BCUT2D eigenvalue weighted by atomic mass is 10.2. The third-order valence-electron chi connectivity index (χ3n) is 3.32. The van der Waals surface area contributed by atoms with Crippen molar-refractivity contribution in [3.63, 3.8) is 0 Å². The molecule has 0 fully saturated rings. The summed E-state index contributed by atoms with van der Waals surface area (Å²) in [6, 6.07) is 14.5. The Balaban J connectivity index is 1.58. The molecule has 112 valence electrons. The van der Waals surface area contributed by atoms with Gasteiger partial charge in [-0.15, -0.1) is 22.7 Å². The molecule has 2 aromatic carbocycles. The van der Waals surface area contributed by atoms with E-state index in [1.807, 2.05) is 35.7 Å². The van der Waals surface area contributed by atoms with Gasteiger partial charge in [-0.3, -0.25) is 0 Å². The van der Waals surface area contributed by atoms with Crippen LogP contribution < -0.4 is 0 Å². The van der Waals surface area contributed by atoms with E-state index < -0.39 is 0 Å². The first-order chi connectivity index (χ1) is 11.3. The number of benzene rings is 2. The van der Waals surface area contributed by atoms with E-state index in [1.54, 1.807) is 34.8 Å². The summed E-state index contributed by atoms with van der Waals surface area (Å²) in [7, 11) is 0. The van der Waals surface area contributed by atoms with Gasteiger partial charge in [0.15, 0.2) is 0 Å². The molecule has 4 aromatic rings. The molecule has 5 heteroatoms. The Bertz CT molecular complexity index is 951. The van der Waals surface area contributed by atoms with Crippen molar-refractivity contribution >= 4 is 45.0 Å². The zero-order chi connectivity index (χ0) is 15.6. The summed E-state index contributed by atoms with van der Waals surface area (Å²) in [4.78, 5) is 9.13. The van der Waals surface area contributed by atoms with Crippen molar-refractivity contribution < 1.29 is 4.39 Å². The van der Waals surface area contributed by atoms with Gasteiger partial charge in [-0.1, -0.05) is 12.1 Å². The van der Waals surface area contributed by atoms with E-state index in [4.69, 9.17) is 0 Å². The average Bonchev–Trinajstić information content (AvgIpc) is 3.20. The number of para-hydroxylation sites is 1. The lowest BCUT2D eigenvalue weighted by molar-refractivity contribution is 0.628. The van der Waals surface area contributed by atoms with Crippen LogP contribution in [0.25, 0.3) is 32.9 Å². The summed E-state index contributed by atoms with van der Waals surface area (Å²) in [5, 5.41) is 3.83. The maximum absolute atomic E-state index is 13.0. The summed E-state index contributed by atoms with van der Waals surface area (Å²) in [6.07, 6.45) is 3.94. The maximum Gasteiger partial charge on any atom is 0.124 e. The van der Waals surface area contributed by atoms with Gasteiger partial charge in [0.1, 0.15) is 15.8 Å². The maximum atomic E-state index is 13.0. The summed E-state index contributed by atoms with van der Waals surface area (Å²) in [6.45, 7) is 0. The second-order valence-corrected chi connectivity index (χ2v) is 6.86. The molecule has 0 aliphatic heterocycles. The minimum Gasteiger partial charge on any atom is -0.237 e. The summed E-state index contributed by atoms with van der Waals surface area (Å²) in [5.74, 6) is -0.235. The van der Waals surface area contributed by atoms with Crippen molar-refractivity contribution in [3.05, 3.63) is 70.4 Å². The molecule has 2 nitrogen and oxygen atoms in total. The molecule has 23 heavy (non-hydrogen) atoms. The van der Waals surface area contributed by atoms with E-state index in [0.29, 0.717) is 0 Å². The minimum atomic E-state index is -0.235. The Morgan fingerprint density at radius 1 is 0.913 bits per heavy atom. The number of aromatic nitrogens is 2. The van der Waals surface area contributed by atoms with Gasteiger partial charge in [-0.2, -0.15) is 0 Å². The van der Waals surface area contributed by atoms with Crippen LogP contribution in [0.1, 0.15) is 10.7 Å². The fraction of sp³-hybridized carbons (Fsp3) is 0. The highest BCUT2D eigenvalue weighted by atomic mass is 32.1. The number of fused-ring (bicyclic) bond motifs is 1. The van der Waals surface area contributed by atoms with Crippen molar-refractivity contribution in [3.8, 4) is 10.6 Å². The lowest BCUT2D eigenvalue weighted by Gasteiger charge is -1.94. The van der Waals surface area contributed by atoms with E-state index in [-0.39, 0.29) is 5.82 Å². The second-order valence-electron chi connectivity index (χ2n) is 4.94. The van der Waals surface area contributed by atoms with Crippen molar-refractivity contribution in [2.75, 3.05) is 0 Å². The summed E-state index contributed by atoms with van der Waals surface area (Å²) >= 11 is 3.20. The molecule has 0 N–H and O–H groups in total. The molecule has 0 unspecified atom stereocenters. The molecular formula is C18H11FN2S2. The third-order valence-corrected chi connectivity index (χ3v) is 5.23. The molecule has 2 aromatic heterocycles. The number of nitrogens with zero attached hydrogens (tertiary/aromatic N) is 2. The Morgan fingerprint density at radius 3 is 2.57 bits per heavy atom. The molecule has 0 amide bonds. The molecular weight excluding hydrogens is 327 g/mol. The van der Waals surface area contributed by atoms with E-state index in [1.165, 1.54) is 16.8 Å². The van der Waals surface area contributed by atoms with Gasteiger partial charge >= 0.3 is 0 Å². The molecule has 4 rings (SSSR count). The highest BCUT2D eigenvalue weighted by Gasteiger charge is 2.04. The molecule has 0 bridgehead atoms. The van der Waals surface area contributed by atoms with Crippen LogP contribution in [0.2, 0.25) is 0 Å². The van der Waals surface area contributed by atoms with Crippen molar-refractivity contribution in [2.45, 2.75) is 0 Å². The van der Waals surface area contributed by atoms with Gasteiger partial charge in [-0.25, -0.2) is 14.4 Å². The Hall–Kier alpha value is -2.37. The first kappa shape index (κ1) is 14.2. The van der Waals surface area contributed by atoms with Crippen molar-refractivity contribution in [1.82, 2.24) is 9.97 Å². The monoisotopic (exact) mass is 338 g/mol. The first-order valence-corrected chi connectivity index (χ1v) is 8.73. The zero-order valence-corrected chi connectivity index (χ0v) is 13.6. The molecule has 0 aliphatic rings. The van der Waals surface area contributed by atoms with Crippen LogP contribution in [0, 0.1) is 5.82 Å². The van der Waals surface area contributed by atoms with Gasteiger partial charge in [0, 0.05) is 10.9 Å². The fourth-order valence-corrected chi connectivity index (χ4v) is 3.87. The van der Waals surface area contributed by atoms with E-state index >= 15 is 0 Å². The molecule has 0 aliphatic carbocycles. The predicted octanol–water partition coefficient (Wildman–Crippen LogP) is 5.73. The molecule has 0 saturated heterocycles. The van der Waals surface area contributed by atoms with E-state index in [2.05, 4.69) is 16.0 Å². The molecule has 0 spiro atoms. The topological polar surface area (TPSA) is 25.8 Å². The summed E-state index contributed by atoms with van der Waals surface area (Å²) < 4.78 is 14.1. The first-order valence-electron chi connectivity index (χ1n) is 7.03. The fourth-order valence-electron chi connectivity index (χ4n) is 2.21. The average molecular weight is 338 g/mol. The van der Waals surface area contributed by atoms with Gasteiger partial charge in [0.2, 0.25) is 0 Å². The zero-order valence-electron chi connectivity index (χ0n) is 11.9. The quantitative estimate of drug-likeness (QED) is 0.477. The lowest BCUT2D eigenvalue weighted by Crippen LogP contribution is -1.78. The van der Waals surface area contributed by atoms with Gasteiger partial charge in [0.25, 0.3) is 0 Å². The van der Waals surface area contributed by atoms with Gasteiger partial charge in [0.05, 0.1) is 15.9 Å². The molecule has 2 heterocycles. The second kappa shape index (κ2) is 6.02. The third kappa shape index (κ3) is 3.06. The SMILES string of the molecule is Fc1ccc(-c2nc(/C=C/c3nc4ccccc4s3)cs2)cc1. The Kier molecular flexibility index (Phi) is 3.73. The standard InChI is InChI=1S/C18H11FN2S2/c19-13-7-5-12(6-8-13)18-20-14(11-22-18)9-10-17-21-15-3-1-2-4-16(15)23-17/h1-11H/b10-9+. The van der Waals surface area contributed by atoms with Crippen LogP contribution >= 0.6 is 22.7 Å². The van der Waals surface area contributed by atoms with Crippen LogP contribution in [-0.4, -0.2) is 9.97 Å². The number of hydrogen-bond acceptors (Lipinski definition) is 4. The van der Waals surface area contributed by atoms with Crippen LogP contribution in [0.5, 0.6) is 0 Å². The minimum absolute atomic E-state index is 0.235. The van der Waals surface area contributed by atoms with Crippen molar-refractivity contribution in [2.24, 2.45) is 0 Å². The predicted molar refractivity (Wildman–Crippen MR) is 96.1 cm³/mol. The Labute approximate surface area is 140 Å². The highest BCUT2D eigenvalue weighted by Crippen LogP contribution is 2.26. The van der Waals surface area contributed by atoms with Gasteiger partial charge in [-0.05, 0) is 48.6 Å². The Morgan fingerprint density at radius 2 is 1.74 bits per heavy atom. The molecule has 0 saturated carbocycles. The van der Waals surface area contributed by atoms with Gasteiger partial charge < -0.3 is 0 Å². The number of rotatable bonds is 3. The van der Waals surface area contributed by atoms with Crippen molar-refractivity contribution in [1.29, 1.82) is 0 Å². The summed E-state index contributed by atoms with van der Waals surface area (Å²) in [5.41, 5.74) is 2.83. The normalized spacial score (nSPS) is 11.5. The largest absolute Gasteiger partial charge is 0.237 e. The molecule has 0 atom stereocenters. The number of thiazole rings is 2. The van der Waals surface area contributed by atoms with E-state index in [9.17, 15) is 4.39 Å². The van der Waals surface area contributed by atoms with Crippen LogP contribution in [0.15, 0.2) is 53.9 Å². The smallest absolute Gasteiger partial charge is 0.124 e. The van der Waals surface area contributed by atoms with Crippen LogP contribution in [0.3, 0.4) is 0 Å². The highest BCUT2D eigenvalue weighted by molar-refractivity contribution is 7.19.